The molecule has 2 aromatic carbocycles. The predicted molar refractivity (Wildman–Crippen MR) is 149 cm³/mol. The first kappa shape index (κ1) is 24.2. The molecule has 2 aliphatic heterocycles. The summed E-state index contributed by atoms with van der Waals surface area (Å²) in [6.07, 6.45) is 12.4. The van der Waals surface area contributed by atoms with Crippen molar-refractivity contribution in [3.05, 3.63) is 94.3 Å². The molecule has 2 unspecified atom stereocenters. The average Bonchev–Trinajstić information content (AvgIpc) is 3.47. The largest absolute Gasteiger partial charge is 0.371 e. The van der Waals surface area contributed by atoms with Gasteiger partial charge in [-0.25, -0.2) is 4.39 Å². The van der Waals surface area contributed by atoms with Crippen LogP contribution in [-0.2, 0) is 11.2 Å². The maximum atomic E-state index is 15.3. The number of hydrogen-bond acceptors (Lipinski definition) is 2. The summed E-state index contributed by atoms with van der Waals surface area (Å²) in [4.78, 5) is 18.2. The van der Waals surface area contributed by atoms with Gasteiger partial charge >= 0.3 is 0 Å². The molecular formula is C33H37FN2O. The SMILES string of the molecule is CCC1=CC(C(=O)N2CCc3ccccc3[C@H]2C)CC2=CC(c3ccc(N4CCCC4)cc3F)=CCC12. The van der Waals surface area contributed by atoms with Crippen molar-refractivity contribution in [1.82, 2.24) is 4.90 Å². The molecule has 0 N–H and O–H groups in total. The smallest absolute Gasteiger partial charge is 0.230 e. The average molecular weight is 497 g/mol. The van der Waals surface area contributed by atoms with E-state index in [1.807, 2.05) is 6.07 Å². The Labute approximate surface area is 220 Å². The summed E-state index contributed by atoms with van der Waals surface area (Å²) in [5.41, 5.74) is 7.87. The van der Waals surface area contributed by atoms with E-state index in [0.29, 0.717) is 11.5 Å². The van der Waals surface area contributed by atoms with Crippen LogP contribution in [0.5, 0.6) is 0 Å². The Kier molecular flexibility index (Phi) is 6.52. The molecule has 0 aromatic heterocycles. The molecule has 0 bridgehead atoms. The fraction of sp³-hybridized carbons (Fsp3) is 0.424. The molecule has 3 atom stereocenters. The minimum atomic E-state index is -0.151. The number of fused-ring (bicyclic) bond motifs is 2. The van der Waals surface area contributed by atoms with Gasteiger partial charge in [0.25, 0.3) is 0 Å². The van der Waals surface area contributed by atoms with Crippen molar-refractivity contribution in [2.45, 2.75) is 58.4 Å². The third-order valence-corrected chi connectivity index (χ3v) is 9.02. The van der Waals surface area contributed by atoms with E-state index in [1.54, 1.807) is 6.07 Å². The number of hydrogen-bond donors (Lipinski definition) is 0. The van der Waals surface area contributed by atoms with Gasteiger partial charge < -0.3 is 9.80 Å². The standard InChI is InChI=1S/C33H37FN2O/c1-3-23-18-27(33(37)36-17-14-24-8-4-5-9-29(24)22(36)2)20-26-19-25(10-12-30(23)26)31-13-11-28(21-32(31)34)35-15-6-7-16-35/h4-5,8-11,13,18-19,21-22,27,30H,3,6-7,12,14-17,20H2,1-2H3/t22-,27?,30?/m1/s1. The van der Waals surface area contributed by atoms with Gasteiger partial charge in [-0.2, -0.15) is 0 Å². The van der Waals surface area contributed by atoms with Crippen molar-refractivity contribution in [3.8, 4) is 0 Å². The maximum absolute atomic E-state index is 15.3. The first-order valence-corrected chi connectivity index (χ1v) is 14.1. The lowest BCUT2D eigenvalue weighted by molar-refractivity contribution is -0.136. The van der Waals surface area contributed by atoms with Crippen LogP contribution in [0.15, 0.2) is 71.8 Å². The topological polar surface area (TPSA) is 23.6 Å². The number of anilines is 1. The molecule has 0 radical (unpaired) electrons. The normalized spacial score (nSPS) is 25.2. The molecule has 1 amide bonds. The number of allylic oxidation sites excluding steroid dienone is 5. The Hall–Kier alpha value is -3.14. The van der Waals surface area contributed by atoms with Crippen LogP contribution >= 0.6 is 0 Å². The second kappa shape index (κ2) is 9.96. The lowest BCUT2D eigenvalue weighted by atomic mass is 9.72. The minimum Gasteiger partial charge on any atom is -0.371 e. The summed E-state index contributed by atoms with van der Waals surface area (Å²) in [7, 11) is 0. The molecule has 4 aliphatic rings. The van der Waals surface area contributed by atoms with E-state index < -0.39 is 0 Å². The summed E-state index contributed by atoms with van der Waals surface area (Å²) in [5.74, 6) is 0.266. The third-order valence-electron chi connectivity index (χ3n) is 9.02. The van der Waals surface area contributed by atoms with Crippen LogP contribution in [0, 0.1) is 17.7 Å². The summed E-state index contributed by atoms with van der Waals surface area (Å²) in [5, 5.41) is 0. The van der Waals surface area contributed by atoms with Gasteiger partial charge in [0.2, 0.25) is 5.91 Å². The second-order valence-corrected chi connectivity index (χ2v) is 11.1. The summed E-state index contributed by atoms with van der Waals surface area (Å²) in [6.45, 7) is 7.13. The highest BCUT2D eigenvalue weighted by molar-refractivity contribution is 5.83. The number of carbonyl (C=O) groups excluding carboxylic acids is 1. The molecular weight excluding hydrogens is 459 g/mol. The van der Waals surface area contributed by atoms with Crippen molar-refractivity contribution >= 4 is 17.2 Å². The summed E-state index contributed by atoms with van der Waals surface area (Å²) in [6, 6.07) is 14.3. The Morgan fingerprint density at radius 1 is 1.08 bits per heavy atom. The van der Waals surface area contributed by atoms with Crippen LogP contribution in [0.4, 0.5) is 10.1 Å². The first-order valence-electron chi connectivity index (χ1n) is 14.1. The zero-order valence-electron chi connectivity index (χ0n) is 22.1. The zero-order chi connectivity index (χ0) is 25.5. The number of rotatable bonds is 4. The lowest BCUT2D eigenvalue weighted by Crippen LogP contribution is -2.42. The number of benzene rings is 2. The molecule has 4 heteroatoms. The molecule has 2 aliphatic carbocycles. The van der Waals surface area contributed by atoms with Crippen LogP contribution in [-0.4, -0.2) is 30.4 Å². The molecule has 0 saturated carbocycles. The van der Waals surface area contributed by atoms with Gasteiger partial charge in [-0.15, -0.1) is 0 Å². The van der Waals surface area contributed by atoms with E-state index >= 15 is 4.39 Å². The van der Waals surface area contributed by atoms with Gasteiger partial charge in [-0.1, -0.05) is 60.6 Å². The number of amides is 1. The van der Waals surface area contributed by atoms with Crippen LogP contribution in [0.2, 0.25) is 0 Å². The van der Waals surface area contributed by atoms with Crippen LogP contribution < -0.4 is 4.90 Å². The summed E-state index contributed by atoms with van der Waals surface area (Å²) < 4.78 is 15.3. The summed E-state index contributed by atoms with van der Waals surface area (Å²) >= 11 is 0. The molecule has 2 aromatic rings. The minimum absolute atomic E-state index is 0.0904. The van der Waals surface area contributed by atoms with E-state index in [4.69, 9.17) is 0 Å². The van der Waals surface area contributed by atoms with E-state index in [-0.39, 0.29) is 23.7 Å². The van der Waals surface area contributed by atoms with Crippen molar-refractivity contribution in [2.75, 3.05) is 24.5 Å². The highest BCUT2D eigenvalue weighted by atomic mass is 19.1. The van der Waals surface area contributed by atoms with E-state index in [2.05, 4.69) is 72.2 Å². The van der Waals surface area contributed by atoms with Gasteiger partial charge in [-0.3, -0.25) is 4.79 Å². The van der Waals surface area contributed by atoms with Gasteiger partial charge in [0, 0.05) is 36.8 Å². The van der Waals surface area contributed by atoms with Crippen LogP contribution in [0.3, 0.4) is 0 Å². The van der Waals surface area contributed by atoms with Gasteiger partial charge in [-0.05, 0) is 80.3 Å². The van der Waals surface area contributed by atoms with Crippen molar-refractivity contribution in [3.63, 3.8) is 0 Å². The second-order valence-electron chi connectivity index (χ2n) is 11.1. The quantitative estimate of drug-likeness (QED) is 0.416. The highest BCUT2D eigenvalue weighted by Crippen LogP contribution is 2.44. The molecule has 192 valence electrons. The monoisotopic (exact) mass is 496 g/mol. The van der Waals surface area contributed by atoms with Crippen LogP contribution in [0.1, 0.15) is 68.7 Å². The number of halogens is 1. The van der Waals surface area contributed by atoms with Crippen molar-refractivity contribution < 1.29 is 9.18 Å². The molecule has 1 fully saturated rings. The predicted octanol–water partition coefficient (Wildman–Crippen LogP) is 7.26. The molecule has 0 spiro atoms. The Morgan fingerprint density at radius 3 is 2.68 bits per heavy atom. The fourth-order valence-corrected chi connectivity index (χ4v) is 6.94. The molecule has 6 rings (SSSR count). The van der Waals surface area contributed by atoms with E-state index in [1.165, 1.54) is 35.1 Å². The van der Waals surface area contributed by atoms with E-state index in [0.717, 1.165) is 56.6 Å². The highest BCUT2D eigenvalue weighted by Gasteiger charge is 2.36. The van der Waals surface area contributed by atoms with Crippen molar-refractivity contribution in [1.29, 1.82) is 0 Å². The molecule has 1 saturated heterocycles. The molecule has 2 heterocycles. The number of nitrogens with zero attached hydrogens (tertiary/aromatic N) is 2. The van der Waals surface area contributed by atoms with E-state index in [9.17, 15) is 4.79 Å². The van der Waals surface area contributed by atoms with Crippen LogP contribution in [0.25, 0.3) is 5.57 Å². The molecule has 3 nitrogen and oxygen atoms in total. The van der Waals surface area contributed by atoms with Gasteiger partial charge in [0.05, 0.1) is 12.0 Å². The van der Waals surface area contributed by atoms with Gasteiger partial charge in [0.15, 0.2) is 0 Å². The van der Waals surface area contributed by atoms with Crippen molar-refractivity contribution in [2.24, 2.45) is 11.8 Å². The molecule has 37 heavy (non-hydrogen) atoms. The maximum Gasteiger partial charge on any atom is 0.230 e. The first-order chi connectivity index (χ1) is 18.0. The Bertz CT molecular complexity index is 1300. The zero-order valence-corrected chi connectivity index (χ0v) is 22.1. The Morgan fingerprint density at radius 2 is 1.89 bits per heavy atom. The lowest BCUT2D eigenvalue weighted by Gasteiger charge is -2.39. The third kappa shape index (κ3) is 4.45. The Balaban J connectivity index is 1.25. The van der Waals surface area contributed by atoms with Gasteiger partial charge in [0.1, 0.15) is 5.82 Å². The number of carbonyl (C=O) groups is 1. The fourth-order valence-electron chi connectivity index (χ4n) is 6.94.